The molecule has 1 spiro atoms. The predicted molar refractivity (Wildman–Crippen MR) is 70.3 cm³/mol. The molecule has 1 saturated carbocycles. The van der Waals surface area contributed by atoms with Crippen molar-refractivity contribution in [3.63, 3.8) is 0 Å². The summed E-state index contributed by atoms with van der Waals surface area (Å²) in [4.78, 5) is 2.64. The molecule has 4 heteroatoms. The maximum Gasteiger partial charge on any atom is 0.133 e. The lowest BCUT2D eigenvalue weighted by Gasteiger charge is -2.49. The van der Waals surface area contributed by atoms with Gasteiger partial charge in [0.05, 0.1) is 5.69 Å². The predicted octanol–water partition coefficient (Wildman–Crippen LogP) is 2.09. The molecule has 2 aliphatic rings. The minimum absolute atomic E-state index is 0.378. The molecule has 1 aliphatic heterocycles. The van der Waals surface area contributed by atoms with Gasteiger partial charge in [-0.3, -0.25) is 4.90 Å². The summed E-state index contributed by atoms with van der Waals surface area (Å²) in [7, 11) is 0. The Kier molecular flexibility index (Phi) is 3.39. The van der Waals surface area contributed by atoms with Crippen molar-refractivity contribution in [2.24, 2.45) is 0 Å². The number of piperazine rings is 1. The molecule has 0 amide bonds. The summed E-state index contributed by atoms with van der Waals surface area (Å²) in [5.74, 6) is 0.915. The zero-order chi connectivity index (χ0) is 12.4. The van der Waals surface area contributed by atoms with Gasteiger partial charge in [-0.2, -0.15) is 0 Å². The maximum absolute atomic E-state index is 5.19. The molecule has 1 aromatic rings. The van der Waals surface area contributed by atoms with E-state index in [1.165, 1.54) is 32.1 Å². The Balaban J connectivity index is 1.75. The molecule has 2 fully saturated rings. The van der Waals surface area contributed by atoms with Crippen molar-refractivity contribution in [1.29, 1.82) is 0 Å². The third kappa shape index (κ3) is 2.31. The Morgan fingerprint density at radius 3 is 2.94 bits per heavy atom. The van der Waals surface area contributed by atoms with Gasteiger partial charge < -0.3 is 9.84 Å². The summed E-state index contributed by atoms with van der Waals surface area (Å²) in [5, 5.41) is 7.73. The lowest BCUT2D eigenvalue weighted by atomic mass is 9.79. The fraction of sp³-hybridized carbons (Fsp3) is 0.786. The van der Waals surface area contributed by atoms with Gasteiger partial charge in [-0.1, -0.05) is 24.4 Å². The Hall–Kier alpha value is -0.870. The van der Waals surface area contributed by atoms with Crippen molar-refractivity contribution in [1.82, 2.24) is 15.4 Å². The highest BCUT2D eigenvalue weighted by atomic mass is 16.5. The van der Waals surface area contributed by atoms with E-state index in [1.807, 2.05) is 6.92 Å². The smallest absolute Gasteiger partial charge is 0.133 e. The molecule has 4 nitrogen and oxygen atoms in total. The molecule has 0 unspecified atom stereocenters. The van der Waals surface area contributed by atoms with Gasteiger partial charge in [0.1, 0.15) is 5.76 Å². The van der Waals surface area contributed by atoms with E-state index in [9.17, 15) is 0 Å². The highest BCUT2D eigenvalue weighted by molar-refractivity contribution is 5.06. The summed E-state index contributed by atoms with van der Waals surface area (Å²) < 4.78 is 5.19. The van der Waals surface area contributed by atoms with Gasteiger partial charge in [0, 0.05) is 37.8 Å². The minimum Gasteiger partial charge on any atom is -0.361 e. The van der Waals surface area contributed by atoms with E-state index in [4.69, 9.17) is 4.52 Å². The molecule has 1 aromatic heterocycles. The number of aryl methyl sites for hydroxylation is 1. The molecular weight excluding hydrogens is 226 g/mol. The van der Waals surface area contributed by atoms with Crippen LogP contribution >= 0.6 is 0 Å². The number of rotatable bonds is 2. The van der Waals surface area contributed by atoms with Crippen LogP contribution in [0.2, 0.25) is 0 Å². The summed E-state index contributed by atoms with van der Waals surface area (Å²) in [6.45, 7) is 6.28. The molecule has 1 N–H and O–H groups in total. The average molecular weight is 249 g/mol. The lowest BCUT2D eigenvalue weighted by molar-refractivity contribution is 0.0193. The number of nitrogens with one attached hydrogen (secondary N) is 1. The van der Waals surface area contributed by atoms with Crippen molar-refractivity contribution < 1.29 is 4.52 Å². The Labute approximate surface area is 109 Å². The van der Waals surface area contributed by atoms with Crippen LogP contribution in [0.15, 0.2) is 10.6 Å². The lowest BCUT2D eigenvalue weighted by Crippen LogP contribution is -2.61. The van der Waals surface area contributed by atoms with Crippen LogP contribution in [-0.4, -0.2) is 35.2 Å². The molecule has 1 saturated heterocycles. The van der Waals surface area contributed by atoms with Gasteiger partial charge in [-0.25, -0.2) is 0 Å². The molecule has 0 atom stereocenters. The van der Waals surface area contributed by atoms with Gasteiger partial charge in [0.15, 0.2) is 0 Å². The maximum atomic E-state index is 5.19. The van der Waals surface area contributed by atoms with Crippen LogP contribution < -0.4 is 5.32 Å². The SMILES string of the molecule is Cc1cc(CN2CCNCC23CCCCC3)no1. The van der Waals surface area contributed by atoms with E-state index >= 15 is 0 Å². The van der Waals surface area contributed by atoms with E-state index in [1.54, 1.807) is 0 Å². The van der Waals surface area contributed by atoms with Crippen molar-refractivity contribution in [2.45, 2.75) is 51.1 Å². The normalized spacial score (nSPS) is 24.5. The molecular formula is C14H23N3O. The Morgan fingerprint density at radius 1 is 1.39 bits per heavy atom. The van der Waals surface area contributed by atoms with Gasteiger partial charge in [0.2, 0.25) is 0 Å². The summed E-state index contributed by atoms with van der Waals surface area (Å²) in [6, 6.07) is 2.07. The van der Waals surface area contributed by atoms with Crippen molar-refractivity contribution >= 4 is 0 Å². The number of nitrogens with zero attached hydrogens (tertiary/aromatic N) is 2. The summed E-state index contributed by atoms with van der Waals surface area (Å²) >= 11 is 0. The third-order valence-electron chi connectivity index (χ3n) is 4.50. The van der Waals surface area contributed by atoms with Crippen LogP contribution in [-0.2, 0) is 6.54 Å². The van der Waals surface area contributed by atoms with E-state index < -0.39 is 0 Å². The van der Waals surface area contributed by atoms with Crippen LogP contribution in [0.1, 0.15) is 43.6 Å². The van der Waals surface area contributed by atoms with Gasteiger partial charge >= 0.3 is 0 Å². The van der Waals surface area contributed by atoms with Gasteiger partial charge in [0.25, 0.3) is 0 Å². The zero-order valence-electron chi connectivity index (χ0n) is 11.2. The second-order valence-corrected chi connectivity index (χ2v) is 5.81. The van der Waals surface area contributed by atoms with Crippen LogP contribution in [0.5, 0.6) is 0 Å². The molecule has 1 aliphatic carbocycles. The first-order valence-electron chi connectivity index (χ1n) is 7.17. The summed E-state index contributed by atoms with van der Waals surface area (Å²) in [5.41, 5.74) is 1.46. The van der Waals surface area contributed by atoms with E-state index in [0.717, 1.165) is 37.6 Å². The van der Waals surface area contributed by atoms with Gasteiger partial charge in [-0.05, 0) is 19.8 Å². The first-order valence-corrected chi connectivity index (χ1v) is 7.17. The monoisotopic (exact) mass is 249 g/mol. The molecule has 0 radical (unpaired) electrons. The number of hydrogen-bond donors (Lipinski definition) is 1. The molecule has 3 rings (SSSR count). The van der Waals surface area contributed by atoms with E-state index in [-0.39, 0.29) is 0 Å². The first-order chi connectivity index (χ1) is 8.78. The third-order valence-corrected chi connectivity index (χ3v) is 4.50. The number of hydrogen-bond acceptors (Lipinski definition) is 4. The largest absolute Gasteiger partial charge is 0.361 e. The average Bonchev–Trinajstić information content (AvgIpc) is 2.79. The van der Waals surface area contributed by atoms with Crippen LogP contribution in [0.4, 0.5) is 0 Å². The number of aromatic nitrogens is 1. The fourth-order valence-electron chi connectivity index (χ4n) is 3.52. The molecule has 0 aromatic carbocycles. The fourth-order valence-corrected chi connectivity index (χ4v) is 3.52. The second-order valence-electron chi connectivity index (χ2n) is 5.81. The Morgan fingerprint density at radius 2 is 2.22 bits per heavy atom. The van der Waals surface area contributed by atoms with Crippen LogP contribution in [0.3, 0.4) is 0 Å². The Bertz CT molecular complexity index is 387. The van der Waals surface area contributed by atoms with Crippen LogP contribution in [0.25, 0.3) is 0 Å². The second kappa shape index (κ2) is 5.02. The van der Waals surface area contributed by atoms with Crippen LogP contribution in [0, 0.1) is 6.92 Å². The van der Waals surface area contributed by atoms with E-state index in [2.05, 4.69) is 21.4 Å². The van der Waals surface area contributed by atoms with Crippen molar-refractivity contribution in [2.75, 3.05) is 19.6 Å². The standard InChI is InChI=1S/C14H23N3O/c1-12-9-13(16-18-12)10-17-8-7-15-11-14(17)5-3-2-4-6-14/h9,15H,2-8,10-11H2,1H3. The molecule has 100 valence electrons. The highest BCUT2D eigenvalue weighted by Crippen LogP contribution is 2.35. The molecule has 18 heavy (non-hydrogen) atoms. The topological polar surface area (TPSA) is 41.3 Å². The van der Waals surface area contributed by atoms with Crippen molar-refractivity contribution in [3.8, 4) is 0 Å². The van der Waals surface area contributed by atoms with Gasteiger partial charge in [-0.15, -0.1) is 0 Å². The quantitative estimate of drug-likeness (QED) is 0.871. The molecule has 2 heterocycles. The highest BCUT2D eigenvalue weighted by Gasteiger charge is 2.39. The zero-order valence-corrected chi connectivity index (χ0v) is 11.2. The van der Waals surface area contributed by atoms with E-state index in [0.29, 0.717) is 5.54 Å². The molecule has 0 bridgehead atoms. The van der Waals surface area contributed by atoms with Crippen molar-refractivity contribution in [3.05, 3.63) is 17.5 Å². The minimum atomic E-state index is 0.378. The first kappa shape index (κ1) is 12.2. The summed E-state index contributed by atoms with van der Waals surface area (Å²) in [6.07, 6.45) is 6.80.